The first-order valence-electron chi connectivity index (χ1n) is 11.1. The average molecular weight is 411 g/mol. The molecule has 1 aromatic heterocycles. The second-order valence-electron chi connectivity index (χ2n) is 9.50. The van der Waals surface area contributed by atoms with Gasteiger partial charge < -0.3 is 9.84 Å². The van der Waals surface area contributed by atoms with E-state index in [1.807, 2.05) is 12.1 Å². The molecule has 0 amide bonds. The SMILES string of the molecule is CC(C)(C)C1CCC(Oc2cnc(-c3cccc(CCCCC(=O)O)c3)nc2)CC1. The summed E-state index contributed by atoms with van der Waals surface area (Å²) in [4.78, 5) is 19.7. The largest absolute Gasteiger partial charge is 0.487 e. The number of unbranched alkanes of at least 4 members (excludes halogenated alkanes) is 1. The fourth-order valence-corrected chi connectivity index (χ4v) is 4.24. The Hall–Kier alpha value is -2.43. The van der Waals surface area contributed by atoms with Gasteiger partial charge in [-0.2, -0.15) is 0 Å². The number of hydrogen-bond donors (Lipinski definition) is 1. The molecule has 0 bridgehead atoms. The minimum atomic E-state index is -0.735. The molecule has 1 saturated carbocycles. The van der Waals surface area contributed by atoms with Crippen molar-refractivity contribution in [2.24, 2.45) is 11.3 Å². The van der Waals surface area contributed by atoms with Crippen molar-refractivity contribution in [2.75, 3.05) is 0 Å². The monoisotopic (exact) mass is 410 g/mol. The molecule has 5 heteroatoms. The van der Waals surface area contributed by atoms with E-state index in [1.165, 1.54) is 18.4 Å². The van der Waals surface area contributed by atoms with Gasteiger partial charge in [-0.15, -0.1) is 0 Å². The molecular formula is C25H34N2O3. The standard InChI is InChI=1S/C25H34N2O3/c1-25(2,3)20-11-13-21(14-12-20)30-22-16-26-24(27-17-22)19-9-6-8-18(15-19)7-4-5-10-23(28)29/h6,8-9,15-17,20-21H,4-5,7,10-14H2,1-3H3,(H,28,29). The number of benzene rings is 1. The van der Waals surface area contributed by atoms with Crippen LogP contribution < -0.4 is 4.74 Å². The van der Waals surface area contributed by atoms with Crippen LogP contribution in [-0.4, -0.2) is 27.1 Å². The zero-order chi connectivity index (χ0) is 21.6. The Bertz CT molecular complexity index is 819. The Morgan fingerprint density at radius 2 is 1.80 bits per heavy atom. The van der Waals surface area contributed by atoms with Crippen molar-refractivity contribution in [3.05, 3.63) is 42.2 Å². The number of nitrogens with zero attached hydrogens (tertiary/aromatic N) is 2. The highest BCUT2D eigenvalue weighted by Gasteiger charge is 2.30. The van der Waals surface area contributed by atoms with Crippen LogP contribution in [0.15, 0.2) is 36.7 Å². The number of ether oxygens (including phenoxy) is 1. The molecule has 1 heterocycles. The number of aromatic nitrogens is 2. The molecule has 0 saturated heterocycles. The Kier molecular flexibility index (Phi) is 7.46. The third kappa shape index (κ3) is 6.54. The van der Waals surface area contributed by atoms with Gasteiger partial charge >= 0.3 is 5.97 Å². The molecule has 3 rings (SSSR count). The molecule has 1 fully saturated rings. The van der Waals surface area contributed by atoms with Crippen LogP contribution >= 0.6 is 0 Å². The lowest BCUT2D eigenvalue weighted by Gasteiger charge is -2.36. The Balaban J connectivity index is 1.53. The van der Waals surface area contributed by atoms with Crippen molar-refractivity contribution >= 4 is 5.97 Å². The van der Waals surface area contributed by atoms with E-state index in [2.05, 4.69) is 42.9 Å². The quantitative estimate of drug-likeness (QED) is 0.547. The molecule has 1 N–H and O–H groups in total. The summed E-state index contributed by atoms with van der Waals surface area (Å²) in [6.45, 7) is 6.99. The van der Waals surface area contributed by atoms with Crippen molar-refractivity contribution in [1.29, 1.82) is 0 Å². The maximum Gasteiger partial charge on any atom is 0.303 e. The first-order chi connectivity index (χ1) is 14.3. The lowest BCUT2D eigenvalue weighted by atomic mass is 9.72. The minimum absolute atomic E-state index is 0.224. The van der Waals surface area contributed by atoms with Crippen LogP contribution in [-0.2, 0) is 11.2 Å². The molecular weight excluding hydrogens is 376 g/mol. The van der Waals surface area contributed by atoms with Gasteiger partial charge in [0.15, 0.2) is 11.6 Å². The van der Waals surface area contributed by atoms with Gasteiger partial charge in [0.1, 0.15) is 0 Å². The van der Waals surface area contributed by atoms with Gasteiger partial charge in [-0.3, -0.25) is 4.79 Å². The highest BCUT2D eigenvalue weighted by molar-refractivity contribution is 5.66. The van der Waals surface area contributed by atoms with Gasteiger partial charge in [-0.1, -0.05) is 39.0 Å². The number of carboxylic acids is 1. The van der Waals surface area contributed by atoms with Crippen LogP contribution in [0.3, 0.4) is 0 Å². The summed E-state index contributed by atoms with van der Waals surface area (Å²) in [6, 6.07) is 8.16. The molecule has 5 nitrogen and oxygen atoms in total. The molecule has 0 aliphatic heterocycles. The maximum atomic E-state index is 10.6. The van der Waals surface area contributed by atoms with Crippen LogP contribution in [0.4, 0.5) is 0 Å². The van der Waals surface area contributed by atoms with Gasteiger partial charge in [-0.05, 0) is 67.9 Å². The third-order valence-corrected chi connectivity index (χ3v) is 6.12. The van der Waals surface area contributed by atoms with Gasteiger partial charge in [0.05, 0.1) is 18.5 Å². The summed E-state index contributed by atoms with van der Waals surface area (Å²) in [5.41, 5.74) is 2.53. The van der Waals surface area contributed by atoms with Gasteiger partial charge in [0.2, 0.25) is 0 Å². The van der Waals surface area contributed by atoms with E-state index in [-0.39, 0.29) is 12.5 Å². The van der Waals surface area contributed by atoms with Gasteiger partial charge in [0, 0.05) is 12.0 Å². The molecule has 1 aliphatic carbocycles. The molecule has 1 aromatic carbocycles. The van der Waals surface area contributed by atoms with Crippen LogP contribution in [0.25, 0.3) is 11.4 Å². The summed E-state index contributed by atoms with van der Waals surface area (Å²) in [5, 5.41) is 8.75. The summed E-state index contributed by atoms with van der Waals surface area (Å²) in [5.74, 6) is 1.46. The maximum absolute atomic E-state index is 10.6. The minimum Gasteiger partial charge on any atom is -0.487 e. The number of aliphatic carboxylic acids is 1. The first-order valence-corrected chi connectivity index (χ1v) is 11.1. The Labute approximate surface area is 179 Å². The number of aryl methyl sites for hydroxylation is 1. The van der Waals surface area contributed by atoms with E-state index in [9.17, 15) is 4.79 Å². The van der Waals surface area contributed by atoms with E-state index in [0.717, 1.165) is 42.9 Å². The predicted molar refractivity (Wildman–Crippen MR) is 118 cm³/mol. The zero-order valence-electron chi connectivity index (χ0n) is 18.4. The first kappa shape index (κ1) is 22.3. The highest BCUT2D eigenvalue weighted by atomic mass is 16.5. The van der Waals surface area contributed by atoms with E-state index in [4.69, 9.17) is 9.84 Å². The Morgan fingerprint density at radius 3 is 2.43 bits per heavy atom. The summed E-state index contributed by atoms with van der Waals surface area (Å²) >= 11 is 0. The van der Waals surface area contributed by atoms with E-state index < -0.39 is 5.97 Å². The summed E-state index contributed by atoms with van der Waals surface area (Å²) in [6.07, 6.45) is 11.1. The highest BCUT2D eigenvalue weighted by Crippen LogP contribution is 2.38. The lowest BCUT2D eigenvalue weighted by Crippen LogP contribution is -2.30. The second kappa shape index (κ2) is 10.1. The summed E-state index contributed by atoms with van der Waals surface area (Å²) in [7, 11) is 0. The van der Waals surface area contributed by atoms with Crippen LogP contribution in [0.2, 0.25) is 0 Å². The van der Waals surface area contributed by atoms with Crippen LogP contribution in [0.5, 0.6) is 5.75 Å². The molecule has 30 heavy (non-hydrogen) atoms. The van der Waals surface area contributed by atoms with Crippen molar-refractivity contribution in [2.45, 2.75) is 78.2 Å². The molecule has 2 aromatic rings. The fourth-order valence-electron chi connectivity index (χ4n) is 4.24. The van der Waals surface area contributed by atoms with Crippen LogP contribution in [0, 0.1) is 11.3 Å². The van der Waals surface area contributed by atoms with Crippen molar-refractivity contribution in [3.8, 4) is 17.1 Å². The van der Waals surface area contributed by atoms with Crippen LogP contribution in [0.1, 0.15) is 71.3 Å². The third-order valence-electron chi connectivity index (χ3n) is 6.12. The number of hydrogen-bond acceptors (Lipinski definition) is 4. The second-order valence-corrected chi connectivity index (χ2v) is 9.50. The topological polar surface area (TPSA) is 72.3 Å². The number of rotatable bonds is 8. The molecule has 0 radical (unpaired) electrons. The molecule has 0 spiro atoms. The normalized spacial score (nSPS) is 19.4. The van der Waals surface area contributed by atoms with Gasteiger partial charge in [0.25, 0.3) is 0 Å². The summed E-state index contributed by atoms with van der Waals surface area (Å²) < 4.78 is 6.14. The molecule has 1 aliphatic rings. The average Bonchev–Trinajstić information content (AvgIpc) is 2.72. The van der Waals surface area contributed by atoms with Crippen molar-refractivity contribution < 1.29 is 14.6 Å². The van der Waals surface area contributed by atoms with E-state index in [0.29, 0.717) is 17.7 Å². The molecule has 0 unspecified atom stereocenters. The molecule has 0 atom stereocenters. The van der Waals surface area contributed by atoms with Gasteiger partial charge in [-0.25, -0.2) is 9.97 Å². The van der Waals surface area contributed by atoms with Crippen molar-refractivity contribution in [3.63, 3.8) is 0 Å². The van der Waals surface area contributed by atoms with Crippen molar-refractivity contribution in [1.82, 2.24) is 9.97 Å². The number of carboxylic acid groups (broad SMARTS) is 1. The van der Waals surface area contributed by atoms with E-state index in [1.54, 1.807) is 12.4 Å². The lowest BCUT2D eigenvalue weighted by molar-refractivity contribution is -0.137. The number of carbonyl (C=O) groups is 1. The zero-order valence-corrected chi connectivity index (χ0v) is 18.4. The molecule has 162 valence electrons. The van der Waals surface area contributed by atoms with E-state index >= 15 is 0 Å². The smallest absolute Gasteiger partial charge is 0.303 e. The Morgan fingerprint density at radius 1 is 1.10 bits per heavy atom. The fraction of sp³-hybridized carbons (Fsp3) is 0.560. The predicted octanol–water partition coefficient (Wildman–Crippen LogP) is 5.92.